The van der Waals surface area contributed by atoms with Gasteiger partial charge >= 0.3 is 0 Å². The Morgan fingerprint density at radius 2 is 2.36 bits per heavy atom. The molecule has 0 saturated heterocycles. The predicted octanol–water partition coefficient (Wildman–Crippen LogP) is 2.66. The van der Waals surface area contributed by atoms with Gasteiger partial charge in [-0.2, -0.15) is 0 Å². The Kier molecular flexibility index (Phi) is 3.02. The minimum Gasteiger partial charge on any atom is -0.472 e. The topological polar surface area (TPSA) is 51.2 Å². The van der Waals surface area contributed by atoms with Gasteiger partial charge in [-0.15, -0.1) is 11.3 Å². The van der Waals surface area contributed by atoms with Crippen molar-refractivity contribution in [3.8, 4) is 0 Å². The maximum Gasteiger partial charge on any atom is 0.0954 e. The van der Waals surface area contributed by atoms with E-state index in [4.69, 9.17) is 10.3 Å². The highest BCUT2D eigenvalue weighted by atomic mass is 79.9. The molecule has 0 aromatic carbocycles. The minimum absolute atomic E-state index is 0.00343. The van der Waals surface area contributed by atoms with Crippen LogP contribution in [0.5, 0.6) is 0 Å². The standard InChI is InChI=1S/C9H9BrN2OS/c10-8-3-7(5-14-8)9(12-11)6-1-2-13-4-6/h1-5,9,12H,11H2. The average molecular weight is 273 g/mol. The fourth-order valence-corrected chi connectivity index (χ4v) is 2.50. The number of nitrogens with one attached hydrogen (secondary N) is 1. The van der Waals surface area contributed by atoms with Crippen LogP contribution in [0.2, 0.25) is 0 Å². The largest absolute Gasteiger partial charge is 0.472 e. The molecule has 3 N–H and O–H groups in total. The summed E-state index contributed by atoms with van der Waals surface area (Å²) in [5.41, 5.74) is 4.92. The molecule has 0 saturated carbocycles. The second-order valence-electron chi connectivity index (χ2n) is 2.84. The fraction of sp³-hybridized carbons (Fsp3) is 0.111. The van der Waals surface area contributed by atoms with Crippen LogP contribution in [0.3, 0.4) is 0 Å². The van der Waals surface area contributed by atoms with Gasteiger partial charge in [0.15, 0.2) is 0 Å². The van der Waals surface area contributed by atoms with E-state index < -0.39 is 0 Å². The summed E-state index contributed by atoms with van der Waals surface area (Å²) in [7, 11) is 0. The van der Waals surface area contributed by atoms with E-state index >= 15 is 0 Å². The monoisotopic (exact) mass is 272 g/mol. The number of furan rings is 1. The van der Waals surface area contributed by atoms with Crippen LogP contribution < -0.4 is 11.3 Å². The van der Waals surface area contributed by atoms with Crippen molar-refractivity contribution >= 4 is 27.3 Å². The number of hydrogen-bond acceptors (Lipinski definition) is 4. The summed E-state index contributed by atoms with van der Waals surface area (Å²) in [6, 6.07) is 3.94. The third-order valence-electron chi connectivity index (χ3n) is 1.96. The first-order chi connectivity index (χ1) is 6.81. The summed E-state index contributed by atoms with van der Waals surface area (Å²) in [6.07, 6.45) is 3.33. The molecule has 2 aromatic heterocycles. The van der Waals surface area contributed by atoms with E-state index in [1.54, 1.807) is 23.9 Å². The van der Waals surface area contributed by atoms with E-state index in [-0.39, 0.29) is 6.04 Å². The van der Waals surface area contributed by atoms with Gasteiger partial charge in [-0.3, -0.25) is 5.84 Å². The van der Waals surface area contributed by atoms with E-state index in [2.05, 4.69) is 26.7 Å². The van der Waals surface area contributed by atoms with Crippen molar-refractivity contribution in [3.63, 3.8) is 0 Å². The Hall–Kier alpha value is -0.620. The highest BCUT2D eigenvalue weighted by molar-refractivity contribution is 9.11. The van der Waals surface area contributed by atoms with Crippen molar-refractivity contribution in [1.29, 1.82) is 0 Å². The van der Waals surface area contributed by atoms with Crippen LogP contribution in [0, 0.1) is 0 Å². The molecule has 2 heterocycles. The summed E-state index contributed by atoms with van der Waals surface area (Å²) in [5, 5.41) is 2.06. The number of hydrogen-bond donors (Lipinski definition) is 2. The molecule has 0 bridgehead atoms. The molecule has 0 aliphatic heterocycles. The first-order valence-electron chi connectivity index (χ1n) is 4.03. The second kappa shape index (κ2) is 4.27. The molecule has 1 unspecified atom stereocenters. The van der Waals surface area contributed by atoms with Gasteiger partial charge in [-0.05, 0) is 39.0 Å². The van der Waals surface area contributed by atoms with E-state index in [9.17, 15) is 0 Å². The number of halogens is 1. The molecule has 2 rings (SSSR count). The van der Waals surface area contributed by atoms with E-state index in [0.29, 0.717) is 0 Å². The first kappa shape index (κ1) is 9.92. The van der Waals surface area contributed by atoms with Crippen LogP contribution in [-0.2, 0) is 0 Å². The fourth-order valence-electron chi connectivity index (χ4n) is 1.30. The van der Waals surface area contributed by atoms with E-state index in [1.165, 1.54) is 0 Å². The quantitative estimate of drug-likeness (QED) is 0.667. The van der Waals surface area contributed by atoms with Gasteiger partial charge in [0.2, 0.25) is 0 Å². The van der Waals surface area contributed by atoms with E-state index in [0.717, 1.165) is 14.9 Å². The van der Waals surface area contributed by atoms with Crippen molar-refractivity contribution in [2.24, 2.45) is 5.84 Å². The third kappa shape index (κ3) is 1.90. The Morgan fingerprint density at radius 3 is 2.86 bits per heavy atom. The zero-order chi connectivity index (χ0) is 9.97. The van der Waals surface area contributed by atoms with Gasteiger partial charge in [0.25, 0.3) is 0 Å². The smallest absolute Gasteiger partial charge is 0.0954 e. The van der Waals surface area contributed by atoms with Crippen LogP contribution in [0.1, 0.15) is 17.2 Å². The van der Waals surface area contributed by atoms with Gasteiger partial charge in [-0.25, -0.2) is 5.43 Å². The zero-order valence-corrected chi connectivity index (χ0v) is 9.64. The first-order valence-corrected chi connectivity index (χ1v) is 5.70. The SMILES string of the molecule is NNC(c1ccoc1)c1csc(Br)c1. The van der Waals surface area contributed by atoms with Crippen molar-refractivity contribution in [3.05, 3.63) is 45.0 Å². The lowest BCUT2D eigenvalue weighted by molar-refractivity contribution is 0.553. The number of hydrazine groups is 1. The minimum atomic E-state index is -0.00343. The average Bonchev–Trinajstić information content (AvgIpc) is 2.79. The molecule has 0 spiro atoms. The summed E-state index contributed by atoms with van der Waals surface area (Å²) in [5.74, 6) is 5.50. The van der Waals surface area contributed by atoms with Gasteiger partial charge in [-0.1, -0.05) is 0 Å². The summed E-state index contributed by atoms with van der Waals surface area (Å²) in [6.45, 7) is 0. The highest BCUT2D eigenvalue weighted by Gasteiger charge is 2.14. The Balaban J connectivity index is 2.31. The normalized spacial score (nSPS) is 13.0. The van der Waals surface area contributed by atoms with Gasteiger partial charge in [0.1, 0.15) is 0 Å². The molecule has 14 heavy (non-hydrogen) atoms. The maximum absolute atomic E-state index is 5.50. The maximum atomic E-state index is 5.50. The van der Waals surface area contributed by atoms with Crippen LogP contribution in [0.15, 0.2) is 38.2 Å². The van der Waals surface area contributed by atoms with Crippen LogP contribution in [0.25, 0.3) is 0 Å². The molecule has 74 valence electrons. The van der Waals surface area contributed by atoms with Crippen molar-refractivity contribution in [2.75, 3.05) is 0 Å². The summed E-state index contributed by atoms with van der Waals surface area (Å²) >= 11 is 5.06. The second-order valence-corrected chi connectivity index (χ2v) is 5.13. The number of thiophene rings is 1. The van der Waals surface area contributed by atoms with Crippen LogP contribution in [0.4, 0.5) is 0 Å². The molecule has 0 fully saturated rings. The molecule has 1 atom stereocenters. The van der Waals surface area contributed by atoms with Gasteiger partial charge < -0.3 is 4.42 Å². The lowest BCUT2D eigenvalue weighted by Crippen LogP contribution is -2.28. The molecule has 3 nitrogen and oxygen atoms in total. The molecule has 2 aromatic rings. The number of rotatable bonds is 3. The lowest BCUT2D eigenvalue weighted by Gasteiger charge is -2.11. The Morgan fingerprint density at radius 1 is 1.50 bits per heavy atom. The van der Waals surface area contributed by atoms with E-state index in [1.807, 2.05) is 12.1 Å². The lowest BCUT2D eigenvalue weighted by atomic mass is 10.1. The van der Waals surface area contributed by atoms with Crippen molar-refractivity contribution in [1.82, 2.24) is 5.43 Å². The highest BCUT2D eigenvalue weighted by Crippen LogP contribution is 2.28. The Labute approximate surface area is 94.0 Å². The molecule has 0 amide bonds. The third-order valence-corrected chi connectivity index (χ3v) is 3.49. The Bertz CT molecular complexity index is 399. The van der Waals surface area contributed by atoms with Crippen molar-refractivity contribution in [2.45, 2.75) is 6.04 Å². The number of nitrogens with two attached hydrogens (primary N) is 1. The molecule has 0 radical (unpaired) electrons. The molecule has 5 heteroatoms. The summed E-state index contributed by atoms with van der Waals surface area (Å²) in [4.78, 5) is 0. The van der Waals surface area contributed by atoms with Crippen LogP contribution >= 0.6 is 27.3 Å². The zero-order valence-electron chi connectivity index (χ0n) is 7.24. The van der Waals surface area contributed by atoms with Crippen LogP contribution in [-0.4, -0.2) is 0 Å². The van der Waals surface area contributed by atoms with Gasteiger partial charge in [0, 0.05) is 5.56 Å². The van der Waals surface area contributed by atoms with Crippen molar-refractivity contribution < 1.29 is 4.42 Å². The predicted molar refractivity (Wildman–Crippen MR) is 59.9 cm³/mol. The molecule has 0 aliphatic carbocycles. The van der Waals surface area contributed by atoms with Gasteiger partial charge in [0.05, 0.1) is 22.4 Å². The summed E-state index contributed by atoms with van der Waals surface area (Å²) < 4.78 is 6.12. The molecular weight excluding hydrogens is 264 g/mol. The molecular formula is C9H9BrN2OS. The molecule has 0 aliphatic rings.